The molecule has 0 aliphatic carbocycles. The van der Waals surface area contributed by atoms with Gasteiger partial charge in [0, 0.05) is 54.2 Å². The number of Topliss-reactive ketones (excluding diaryl/α,β-unsaturated/α-hetero) is 1. The van der Waals surface area contributed by atoms with Crippen molar-refractivity contribution >= 4 is 109 Å². The first kappa shape index (κ1) is 48.5. The predicted octanol–water partition coefficient (Wildman–Crippen LogP) is 9.67. The molecule has 0 fully saturated rings. The molecule has 0 aliphatic rings. The van der Waals surface area contributed by atoms with Gasteiger partial charge in [-0.05, 0) is 50.2 Å². The van der Waals surface area contributed by atoms with Gasteiger partial charge in [-0.3, -0.25) is 4.79 Å². The van der Waals surface area contributed by atoms with Crippen molar-refractivity contribution in [2.75, 3.05) is 6.61 Å². The quantitative estimate of drug-likeness (QED) is 0.0863. The number of hydrogen-bond acceptors (Lipinski definition) is 5. The normalized spacial score (nSPS) is 8.55. The Hall–Kier alpha value is 0.110. The van der Waals surface area contributed by atoms with E-state index in [1.165, 1.54) is 0 Å². The monoisotopic (exact) mass is 1200 g/mol. The van der Waals surface area contributed by atoms with Gasteiger partial charge in [-0.1, -0.05) is 112 Å². The Balaban J connectivity index is -0.000000526. The Bertz CT molecular complexity index is 1230. The van der Waals surface area contributed by atoms with Crippen LogP contribution in [0.5, 0.6) is 0 Å². The maximum Gasteiger partial charge on any atom is 0.168 e. The topological polar surface area (TPSA) is 69.2 Å². The van der Waals surface area contributed by atoms with E-state index in [-0.39, 0.29) is 18.2 Å². The van der Waals surface area contributed by atoms with Crippen LogP contribution in [0, 0.1) is 6.92 Å². The van der Waals surface area contributed by atoms with E-state index in [4.69, 9.17) is 27.9 Å². The van der Waals surface area contributed by atoms with Gasteiger partial charge in [0.1, 0.15) is 10.3 Å². The predicted molar refractivity (Wildman–Crippen MR) is 219 cm³/mol. The van der Waals surface area contributed by atoms with Gasteiger partial charge < -0.3 is 4.74 Å². The second kappa shape index (κ2) is 36.0. The molecule has 12 heteroatoms. The van der Waals surface area contributed by atoms with Gasteiger partial charge in [-0.15, -0.1) is 0 Å². The molecule has 0 radical (unpaired) electrons. The smallest absolute Gasteiger partial charge is 0.168 e. The summed E-state index contributed by atoms with van der Waals surface area (Å²) < 4.78 is 4.79. The van der Waals surface area contributed by atoms with Crippen molar-refractivity contribution in [3.8, 4) is 0 Å². The molecule has 2 aromatic carbocycles. The van der Waals surface area contributed by atoms with Crippen LogP contribution in [-0.2, 0) is 11.2 Å². The van der Waals surface area contributed by atoms with Crippen LogP contribution in [0.15, 0.2) is 97.1 Å². The van der Waals surface area contributed by atoms with Crippen molar-refractivity contribution in [3.63, 3.8) is 0 Å². The first-order valence-corrected chi connectivity index (χ1v) is 32.9. The van der Waals surface area contributed by atoms with Gasteiger partial charge in [-0.2, -0.15) is 0 Å². The molecule has 4 rings (SSSR count). The van der Waals surface area contributed by atoms with Crippen LogP contribution in [0.25, 0.3) is 0 Å². The first-order valence-electron chi connectivity index (χ1n) is 13.3. The minimum Gasteiger partial charge on any atom is -0.294 e. The molecule has 244 valence electrons. The summed E-state index contributed by atoms with van der Waals surface area (Å²) >= 11 is 20.8. The maximum atomic E-state index is 11.8. The van der Waals surface area contributed by atoms with Gasteiger partial charge >= 0.3 is 56.5 Å². The Morgan fingerprint density at radius 1 is 0.705 bits per heavy atom. The van der Waals surface area contributed by atoms with Crippen molar-refractivity contribution < 1.29 is 27.6 Å². The molecular weight excluding hydrogens is 1170 g/mol. The summed E-state index contributed by atoms with van der Waals surface area (Å²) in [5.41, 5.74) is 2.96. The van der Waals surface area contributed by atoms with E-state index < -0.39 is 0 Å². The second-order valence-corrected chi connectivity index (χ2v) is 24.2. The average Bonchev–Trinajstić information content (AvgIpc) is 3.06. The second-order valence-electron chi connectivity index (χ2n) is 7.16. The zero-order chi connectivity index (χ0) is 34.2. The molecule has 0 aliphatic heterocycles. The number of halogens is 7. The Kier molecular flexibility index (Phi) is 39.6. The Labute approximate surface area is 326 Å². The number of hydrogen-bond donors (Lipinski definition) is 0. The summed E-state index contributed by atoms with van der Waals surface area (Å²) in [7, 11) is 0. The average molecular weight is 1200 g/mol. The number of benzene rings is 2. The van der Waals surface area contributed by atoms with Gasteiger partial charge in [0.05, 0.1) is 18.6 Å². The van der Waals surface area contributed by atoms with Crippen LogP contribution < -0.4 is 13.3 Å². The molecule has 2 heterocycles. The minimum atomic E-state index is -0.256. The molecule has 2 aromatic heterocycles. The summed E-state index contributed by atoms with van der Waals surface area (Å²) in [5, 5.41) is 0.975. The maximum absolute atomic E-state index is 11.8. The molecule has 4 aromatic rings. The summed E-state index contributed by atoms with van der Waals surface area (Å²) in [6.45, 7) is 12.1. The number of nitrogens with zero attached hydrogens (tertiary/aromatic N) is 2. The van der Waals surface area contributed by atoms with Crippen molar-refractivity contribution in [2.24, 2.45) is 0 Å². The largest absolute Gasteiger partial charge is 0.294 e. The number of carbonyl (C=O) groups excluding carboxylic acids is 2. The van der Waals surface area contributed by atoms with Crippen LogP contribution in [0.2, 0.25) is 10.3 Å². The summed E-state index contributed by atoms with van der Waals surface area (Å²) in [5.74, 6) is -0.205. The van der Waals surface area contributed by atoms with Gasteiger partial charge in [-0.25, -0.2) is 14.8 Å². The number of ether oxygens (including phenoxy) is 1. The zero-order valence-electron chi connectivity index (χ0n) is 25.4. The van der Waals surface area contributed by atoms with Crippen LogP contribution in [0.3, 0.4) is 0 Å². The van der Waals surface area contributed by atoms with Gasteiger partial charge in [0.15, 0.2) is 5.78 Å². The number of ketones is 1. The molecule has 0 amide bonds. The standard InChI is InChI=1S/C13H10ClNO.C9H10O2.C6H6ClN.2C2H6.I3.I2/c14-13-8-4-7-11(15-13)9-12(16)10-5-2-1-3-6-10;1-2-11-9(10)8-6-4-3-5-7-8;1-5-3-2-4-6(7)8-5;2*1-2;1-3-2;1-2/h1-8H,9H2;3-7H,2H2,1H3;2-4H,1H3;2*1-2H3;;/q;;;;;-1;. The number of rotatable bonds is 5. The van der Waals surface area contributed by atoms with Crippen molar-refractivity contribution in [3.05, 3.63) is 130 Å². The van der Waals surface area contributed by atoms with E-state index in [0.717, 1.165) is 5.69 Å². The number of aromatic nitrogens is 2. The first-order chi connectivity index (χ1) is 21.3. The molecule has 44 heavy (non-hydrogen) atoms. The zero-order valence-corrected chi connectivity index (χ0v) is 37.7. The fourth-order valence-corrected chi connectivity index (χ4v) is 3.13. The fourth-order valence-electron chi connectivity index (χ4n) is 2.74. The third kappa shape index (κ3) is 27.2. The molecule has 0 saturated carbocycles. The van der Waals surface area contributed by atoms with Crippen molar-refractivity contribution in [1.82, 2.24) is 9.97 Å². The summed E-state index contributed by atoms with van der Waals surface area (Å²) in [4.78, 5) is 30.9. The van der Waals surface area contributed by atoms with E-state index in [0.29, 0.717) is 47.0 Å². The molecule has 5 nitrogen and oxygen atoms in total. The Morgan fingerprint density at radius 3 is 1.52 bits per heavy atom. The molecule has 0 bridgehead atoms. The molecule has 0 N–H and O–H groups in total. The van der Waals surface area contributed by atoms with Crippen LogP contribution in [-0.4, -0.2) is 28.3 Å². The number of pyridine rings is 2. The van der Waals surface area contributed by atoms with E-state index >= 15 is 0 Å². The van der Waals surface area contributed by atoms with Gasteiger partial charge in [0.25, 0.3) is 0 Å². The summed E-state index contributed by atoms with van der Waals surface area (Å²) in [6.07, 6.45) is 0.282. The minimum absolute atomic E-state index is 0.0513. The van der Waals surface area contributed by atoms with E-state index in [1.807, 2.05) is 83.1 Å². The fraction of sp³-hybridized carbons (Fsp3) is 0.250. The molecule has 0 atom stereocenters. The number of esters is 1. The summed E-state index contributed by atoms with van der Waals surface area (Å²) in [6, 6.07) is 29.0. The van der Waals surface area contributed by atoms with Crippen molar-refractivity contribution in [2.45, 2.75) is 48.0 Å². The third-order valence-electron chi connectivity index (χ3n) is 4.35. The number of carbonyl (C=O) groups is 2. The van der Waals surface area contributed by atoms with Gasteiger partial charge in [0.2, 0.25) is 0 Å². The molecule has 0 spiro atoms. The van der Waals surface area contributed by atoms with Crippen LogP contribution in [0.4, 0.5) is 0 Å². The number of aryl methyl sites for hydroxylation is 1. The van der Waals surface area contributed by atoms with Crippen LogP contribution in [0.1, 0.15) is 66.7 Å². The Morgan fingerprint density at radius 2 is 1.14 bits per heavy atom. The molecule has 0 saturated heterocycles. The van der Waals surface area contributed by atoms with Crippen LogP contribution >= 0.6 is 97.7 Å². The molecular formula is C32H38Cl2I5N2O3-. The van der Waals surface area contributed by atoms with E-state index in [1.54, 1.807) is 55.5 Å². The van der Waals surface area contributed by atoms with E-state index in [2.05, 4.69) is 84.4 Å². The van der Waals surface area contributed by atoms with E-state index in [9.17, 15) is 9.59 Å². The third-order valence-corrected chi connectivity index (χ3v) is 4.77. The van der Waals surface area contributed by atoms with Crippen molar-refractivity contribution in [1.29, 1.82) is 0 Å². The molecule has 0 unspecified atom stereocenters. The SMILES string of the molecule is CC.CC.CCOC(=O)c1ccccc1.Cc1cccc(Cl)n1.II.I[I-]I.O=C(Cc1cccc(Cl)n1)c1ccccc1.